The molecule has 1 saturated heterocycles. The van der Waals surface area contributed by atoms with Crippen molar-refractivity contribution in [3.05, 3.63) is 23.8 Å². The topological polar surface area (TPSA) is 72.4 Å². The second-order valence-corrected chi connectivity index (χ2v) is 5.41. The molecule has 19 heavy (non-hydrogen) atoms. The lowest BCUT2D eigenvalue weighted by atomic mass is 9.68. The van der Waals surface area contributed by atoms with E-state index in [0.717, 1.165) is 6.54 Å². The van der Waals surface area contributed by atoms with Crippen molar-refractivity contribution in [2.75, 3.05) is 11.4 Å². The summed E-state index contributed by atoms with van der Waals surface area (Å²) in [5.74, 6) is -0.521. The number of fused-ring (bicyclic) bond motifs is 1. The van der Waals surface area contributed by atoms with E-state index in [2.05, 4.69) is 16.0 Å². The lowest BCUT2D eigenvalue weighted by molar-refractivity contribution is 0.100. The van der Waals surface area contributed by atoms with Crippen LogP contribution in [0.1, 0.15) is 36.0 Å². The van der Waals surface area contributed by atoms with Gasteiger partial charge in [-0.3, -0.25) is 4.79 Å². The zero-order valence-corrected chi connectivity index (χ0v) is 10.5. The molecule has 1 radical (unpaired) electrons. The largest absolute Gasteiger partial charge is 0.423 e. The van der Waals surface area contributed by atoms with E-state index in [1.165, 1.54) is 25.7 Å². The third-order valence-electron chi connectivity index (χ3n) is 4.48. The average Bonchev–Trinajstić information content (AvgIpc) is 2.67. The Labute approximate surface area is 110 Å². The van der Waals surface area contributed by atoms with Crippen LogP contribution in [0.3, 0.4) is 0 Å². The Morgan fingerprint density at radius 1 is 1.47 bits per heavy atom. The quantitative estimate of drug-likeness (QED) is 0.890. The van der Waals surface area contributed by atoms with Gasteiger partial charge in [-0.15, -0.1) is 0 Å². The van der Waals surface area contributed by atoms with Gasteiger partial charge in [-0.2, -0.15) is 4.98 Å². The van der Waals surface area contributed by atoms with Crippen molar-refractivity contribution in [3.63, 3.8) is 0 Å². The molecule has 2 aromatic rings. The fourth-order valence-electron chi connectivity index (χ4n) is 3.13. The van der Waals surface area contributed by atoms with Crippen molar-refractivity contribution < 1.29 is 9.21 Å². The van der Waals surface area contributed by atoms with Gasteiger partial charge in [-0.25, -0.2) is 0 Å². The predicted octanol–water partition coefficient (Wildman–Crippen LogP) is 1.86. The Morgan fingerprint density at radius 2 is 2.32 bits per heavy atom. The lowest BCUT2D eigenvalue weighted by Crippen LogP contribution is -2.64. The Balaban J connectivity index is 1.80. The number of hydrogen-bond acceptors (Lipinski definition) is 4. The molecule has 5 nitrogen and oxygen atoms in total. The SMILES string of the molecule is NC(=O)c1[c]ccc2oc(N3CCC34CCC4)nc12. The zero-order valence-electron chi connectivity index (χ0n) is 10.5. The van der Waals surface area contributed by atoms with E-state index in [1.54, 1.807) is 12.1 Å². The van der Waals surface area contributed by atoms with Crippen LogP contribution in [0, 0.1) is 6.07 Å². The molecule has 5 heteroatoms. The molecule has 2 fully saturated rings. The highest BCUT2D eigenvalue weighted by molar-refractivity contribution is 6.03. The van der Waals surface area contributed by atoms with E-state index >= 15 is 0 Å². The molecule has 0 bridgehead atoms. The highest BCUT2D eigenvalue weighted by atomic mass is 16.4. The summed E-state index contributed by atoms with van der Waals surface area (Å²) in [6.45, 7) is 0.975. The van der Waals surface area contributed by atoms with E-state index < -0.39 is 5.91 Å². The maximum atomic E-state index is 11.4. The van der Waals surface area contributed by atoms with Crippen LogP contribution in [0.5, 0.6) is 0 Å². The van der Waals surface area contributed by atoms with Crippen molar-refractivity contribution in [1.29, 1.82) is 0 Å². The Kier molecular flexibility index (Phi) is 2.00. The Bertz CT molecular complexity index is 667. The third kappa shape index (κ3) is 1.35. The summed E-state index contributed by atoms with van der Waals surface area (Å²) in [5, 5.41) is 0. The van der Waals surface area contributed by atoms with Crippen molar-refractivity contribution in [3.8, 4) is 0 Å². The summed E-state index contributed by atoms with van der Waals surface area (Å²) in [6, 6.07) is 6.86. The van der Waals surface area contributed by atoms with E-state index in [9.17, 15) is 4.79 Å². The van der Waals surface area contributed by atoms with Gasteiger partial charge in [0.1, 0.15) is 5.52 Å². The van der Waals surface area contributed by atoms with Crippen LogP contribution in [0.2, 0.25) is 0 Å². The summed E-state index contributed by atoms with van der Waals surface area (Å²) in [6.07, 6.45) is 4.90. The number of carbonyl (C=O) groups is 1. The first-order valence-corrected chi connectivity index (χ1v) is 6.58. The molecule has 0 unspecified atom stereocenters. The number of nitrogens with zero attached hydrogens (tertiary/aromatic N) is 2. The van der Waals surface area contributed by atoms with Crippen LogP contribution >= 0.6 is 0 Å². The first kappa shape index (κ1) is 10.8. The van der Waals surface area contributed by atoms with Gasteiger partial charge in [0.2, 0.25) is 0 Å². The van der Waals surface area contributed by atoms with Crippen LogP contribution in [0.25, 0.3) is 11.1 Å². The van der Waals surface area contributed by atoms with Crippen LogP contribution in [-0.2, 0) is 0 Å². The lowest BCUT2D eigenvalue weighted by Gasteiger charge is -2.57. The molecule has 1 amide bonds. The van der Waals surface area contributed by atoms with Gasteiger partial charge in [-0.05, 0) is 43.9 Å². The fraction of sp³-hybridized carbons (Fsp3) is 0.429. The van der Waals surface area contributed by atoms with Crippen LogP contribution in [-0.4, -0.2) is 23.0 Å². The van der Waals surface area contributed by atoms with Crippen LogP contribution < -0.4 is 10.6 Å². The van der Waals surface area contributed by atoms with E-state index in [4.69, 9.17) is 10.2 Å². The van der Waals surface area contributed by atoms with Gasteiger partial charge < -0.3 is 15.1 Å². The third-order valence-corrected chi connectivity index (χ3v) is 4.48. The molecule has 1 spiro atoms. The van der Waals surface area contributed by atoms with E-state index in [-0.39, 0.29) is 5.54 Å². The number of amides is 1. The number of aromatic nitrogens is 1. The highest BCUT2D eigenvalue weighted by Gasteiger charge is 2.50. The van der Waals surface area contributed by atoms with Gasteiger partial charge in [0, 0.05) is 12.1 Å². The predicted molar refractivity (Wildman–Crippen MR) is 69.9 cm³/mol. The molecule has 1 aliphatic heterocycles. The minimum atomic E-state index is -0.521. The van der Waals surface area contributed by atoms with Gasteiger partial charge in [0.25, 0.3) is 11.9 Å². The number of hydrogen-bond donors (Lipinski definition) is 1. The number of rotatable bonds is 2. The summed E-state index contributed by atoms with van der Waals surface area (Å²) >= 11 is 0. The molecular weight excluding hydrogens is 242 g/mol. The second-order valence-electron chi connectivity index (χ2n) is 5.41. The van der Waals surface area contributed by atoms with Gasteiger partial charge >= 0.3 is 0 Å². The molecule has 97 valence electrons. The summed E-state index contributed by atoms with van der Waals surface area (Å²) in [4.78, 5) is 18.1. The molecule has 4 rings (SSSR count). The van der Waals surface area contributed by atoms with Crippen molar-refractivity contribution in [2.24, 2.45) is 5.73 Å². The molecule has 0 atom stereocenters. The van der Waals surface area contributed by atoms with Gasteiger partial charge in [-0.1, -0.05) is 0 Å². The minimum Gasteiger partial charge on any atom is -0.423 e. The zero-order chi connectivity index (χ0) is 13.0. The second kappa shape index (κ2) is 3.50. The molecule has 1 saturated carbocycles. The molecule has 2 heterocycles. The van der Waals surface area contributed by atoms with E-state index in [1.807, 2.05) is 0 Å². The molecule has 1 aromatic heterocycles. The number of primary amides is 1. The molecular formula is C14H14N3O2. The Morgan fingerprint density at radius 3 is 2.89 bits per heavy atom. The molecule has 1 aliphatic carbocycles. The summed E-state index contributed by atoms with van der Waals surface area (Å²) in [7, 11) is 0. The van der Waals surface area contributed by atoms with Crippen molar-refractivity contribution in [2.45, 2.75) is 31.2 Å². The normalized spacial score (nSPS) is 20.3. The maximum absolute atomic E-state index is 11.4. The number of carbonyl (C=O) groups excluding carboxylic acids is 1. The minimum absolute atomic E-state index is 0.275. The number of nitrogens with two attached hydrogens (primary N) is 1. The van der Waals surface area contributed by atoms with Gasteiger partial charge in [0.05, 0.1) is 5.56 Å². The van der Waals surface area contributed by atoms with Crippen molar-refractivity contribution in [1.82, 2.24) is 4.98 Å². The smallest absolute Gasteiger partial charge is 0.298 e. The Hall–Kier alpha value is -2.04. The average molecular weight is 256 g/mol. The first-order valence-electron chi connectivity index (χ1n) is 6.58. The van der Waals surface area contributed by atoms with Crippen LogP contribution in [0.4, 0.5) is 6.01 Å². The number of anilines is 1. The highest BCUT2D eigenvalue weighted by Crippen LogP contribution is 2.49. The maximum Gasteiger partial charge on any atom is 0.298 e. The molecule has 2 aliphatic rings. The van der Waals surface area contributed by atoms with Crippen LogP contribution in [0.15, 0.2) is 16.5 Å². The fourth-order valence-corrected chi connectivity index (χ4v) is 3.13. The monoisotopic (exact) mass is 256 g/mol. The first-order chi connectivity index (χ1) is 9.20. The molecule has 2 N–H and O–H groups in total. The summed E-state index contributed by atoms with van der Waals surface area (Å²) < 4.78 is 5.78. The number of oxazole rings is 1. The number of benzene rings is 1. The van der Waals surface area contributed by atoms with E-state index in [0.29, 0.717) is 22.7 Å². The van der Waals surface area contributed by atoms with Gasteiger partial charge in [0.15, 0.2) is 5.58 Å². The summed E-state index contributed by atoms with van der Waals surface area (Å²) in [5.41, 5.74) is 7.03. The standard InChI is InChI=1S/C14H14N3O2/c15-12(18)9-3-1-4-10-11(9)16-13(19-10)17-8-7-14(17)5-2-6-14/h1,4H,2,5-8H2,(H2,15,18). The molecule has 1 aromatic carbocycles. The van der Waals surface area contributed by atoms with Crippen molar-refractivity contribution >= 4 is 23.0 Å².